The van der Waals surface area contributed by atoms with Gasteiger partial charge < -0.3 is 9.32 Å². The fourth-order valence-corrected chi connectivity index (χ4v) is 6.64. The minimum absolute atomic E-state index is 0.0892. The molecule has 30 heavy (non-hydrogen) atoms. The van der Waals surface area contributed by atoms with E-state index < -0.39 is 10.0 Å². The first kappa shape index (κ1) is 21.4. The minimum Gasteiger partial charge on any atom is -0.451 e. The Hall–Kier alpha value is -1.86. The molecule has 2 aliphatic heterocycles. The van der Waals surface area contributed by atoms with Gasteiger partial charge in [0.2, 0.25) is 10.0 Å². The predicted octanol–water partition coefficient (Wildman–Crippen LogP) is 4.42. The van der Waals surface area contributed by atoms with Crippen molar-refractivity contribution >= 4 is 26.9 Å². The molecule has 0 radical (unpaired) electrons. The molecule has 7 heteroatoms. The van der Waals surface area contributed by atoms with E-state index in [0.717, 1.165) is 50.8 Å². The Labute approximate surface area is 179 Å². The summed E-state index contributed by atoms with van der Waals surface area (Å²) in [5, 5.41) is 0.701. The third-order valence-corrected chi connectivity index (χ3v) is 8.30. The van der Waals surface area contributed by atoms with Crippen LogP contribution in [0, 0.1) is 18.8 Å². The number of rotatable bonds is 3. The lowest BCUT2D eigenvalue weighted by atomic mass is 9.94. The van der Waals surface area contributed by atoms with Gasteiger partial charge in [-0.25, -0.2) is 8.42 Å². The molecule has 0 saturated carbocycles. The number of furan rings is 1. The lowest BCUT2D eigenvalue weighted by Gasteiger charge is -2.34. The highest BCUT2D eigenvalue weighted by Gasteiger charge is 2.32. The molecule has 0 bridgehead atoms. The maximum atomic E-state index is 13.3. The Morgan fingerprint density at radius 3 is 2.30 bits per heavy atom. The topological polar surface area (TPSA) is 70.8 Å². The van der Waals surface area contributed by atoms with Gasteiger partial charge in [-0.1, -0.05) is 26.7 Å². The molecule has 0 aliphatic carbocycles. The summed E-state index contributed by atoms with van der Waals surface area (Å²) in [4.78, 5) is 15.2. The van der Waals surface area contributed by atoms with Gasteiger partial charge in [-0.05, 0) is 56.2 Å². The second-order valence-corrected chi connectivity index (χ2v) is 11.1. The van der Waals surface area contributed by atoms with Crippen LogP contribution >= 0.6 is 0 Å². The number of benzene rings is 1. The summed E-state index contributed by atoms with van der Waals surface area (Å²) in [5.41, 5.74) is 1.28. The highest BCUT2D eigenvalue weighted by atomic mass is 32.2. The summed E-state index contributed by atoms with van der Waals surface area (Å²) in [7, 11) is -3.58. The van der Waals surface area contributed by atoms with Gasteiger partial charge in [0.25, 0.3) is 5.91 Å². The second kappa shape index (κ2) is 8.35. The van der Waals surface area contributed by atoms with Crippen molar-refractivity contribution in [1.29, 1.82) is 0 Å². The summed E-state index contributed by atoms with van der Waals surface area (Å²) in [6, 6.07) is 4.96. The van der Waals surface area contributed by atoms with Crippen molar-refractivity contribution in [3.05, 3.63) is 29.5 Å². The van der Waals surface area contributed by atoms with E-state index in [1.807, 2.05) is 11.8 Å². The monoisotopic (exact) mass is 432 g/mol. The number of amides is 1. The van der Waals surface area contributed by atoms with Gasteiger partial charge in [0.1, 0.15) is 5.58 Å². The van der Waals surface area contributed by atoms with Crippen molar-refractivity contribution in [2.24, 2.45) is 11.8 Å². The molecule has 0 unspecified atom stereocenters. The van der Waals surface area contributed by atoms with Crippen LogP contribution in [0.4, 0.5) is 0 Å². The molecule has 2 atom stereocenters. The number of nitrogens with zero attached hydrogens (tertiary/aromatic N) is 2. The van der Waals surface area contributed by atoms with Crippen LogP contribution in [-0.2, 0) is 10.0 Å². The smallest absolute Gasteiger partial charge is 0.289 e. The fourth-order valence-electron chi connectivity index (χ4n) is 4.93. The maximum absolute atomic E-state index is 13.3. The van der Waals surface area contributed by atoms with E-state index in [9.17, 15) is 13.2 Å². The molecule has 1 aromatic carbocycles. The Morgan fingerprint density at radius 1 is 1.03 bits per heavy atom. The zero-order valence-corrected chi connectivity index (χ0v) is 19.0. The number of likely N-dealkylation sites (tertiary alicyclic amines) is 1. The van der Waals surface area contributed by atoms with Gasteiger partial charge in [0, 0.05) is 37.1 Å². The normalized spacial score (nSPS) is 24.2. The van der Waals surface area contributed by atoms with Gasteiger partial charge in [-0.15, -0.1) is 0 Å². The lowest BCUT2D eigenvalue weighted by molar-refractivity contribution is 0.0731. The largest absolute Gasteiger partial charge is 0.451 e. The number of hydrogen-bond acceptors (Lipinski definition) is 4. The second-order valence-electron chi connectivity index (χ2n) is 9.19. The van der Waals surface area contributed by atoms with E-state index in [2.05, 4.69) is 13.8 Å². The van der Waals surface area contributed by atoms with Crippen LogP contribution in [0.1, 0.15) is 62.1 Å². The van der Waals surface area contributed by atoms with Crippen LogP contribution in [0.2, 0.25) is 0 Å². The maximum Gasteiger partial charge on any atom is 0.289 e. The summed E-state index contributed by atoms with van der Waals surface area (Å²) in [6.45, 7) is 8.64. The predicted molar refractivity (Wildman–Crippen MR) is 117 cm³/mol. The standard InChI is InChI=1S/C23H32N2O4S/c1-16-12-17(2)15-25(14-16)30(27,28)19-8-9-21-20(13-19)18(3)22(29-21)23(26)24-10-6-4-5-7-11-24/h8-9,13,16-17H,4-7,10-12,14-15H2,1-3H3/t16-,17-/m1/s1. The Balaban J connectivity index is 1.66. The van der Waals surface area contributed by atoms with Gasteiger partial charge in [0.15, 0.2) is 5.76 Å². The first-order valence-corrected chi connectivity index (χ1v) is 12.5. The number of aryl methyl sites for hydroxylation is 1. The van der Waals surface area contributed by atoms with Gasteiger partial charge in [0.05, 0.1) is 4.90 Å². The molecule has 0 N–H and O–H groups in total. The van der Waals surface area contributed by atoms with E-state index in [1.54, 1.807) is 22.5 Å². The van der Waals surface area contributed by atoms with E-state index in [1.165, 1.54) is 0 Å². The molecule has 2 aliphatic rings. The van der Waals surface area contributed by atoms with Crippen LogP contribution in [0.15, 0.2) is 27.5 Å². The first-order chi connectivity index (χ1) is 14.3. The van der Waals surface area contributed by atoms with Crippen LogP contribution in [0.5, 0.6) is 0 Å². The Bertz CT molecular complexity index is 1020. The van der Waals surface area contributed by atoms with E-state index in [-0.39, 0.29) is 10.8 Å². The van der Waals surface area contributed by atoms with Crippen LogP contribution in [-0.4, -0.2) is 49.7 Å². The minimum atomic E-state index is -3.58. The molecule has 3 heterocycles. The number of hydrogen-bond donors (Lipinski definition) is 0. The summed E-state index contributed by atoms with van der Waals surface area (Å²) in [5.74, 6) is 0.942. The fraction of sp³-hybridized carbons (Fsp3) is 0.609. The van der Waals surface area contributed by atoms with Crippen molar-refractivity contribution < 1.29 is 17.6 Å². The van der Waals surface area contributed by atoms with E-state index in [4.69, 9.17) is 4.42 Å². The number of fused-ring (bicyclic) bond motifs is 1. The molecule has 1 aromatic heterocycles. The molecule has 0 spiro atoms. The average Bonchev–Trinajstić information content (AvgIpc) is 2.87. The Kier molecular flexibility index (Phi) is 5.95. The third kappa shape index (κ3) is 4.02. The first-order valence-electron chi connectivity index (χ1n) is 11.1. The van der Waals surface area contributed by atoms with Crippen molar-refractivity contribution in [2.75, 3.05) is 26.2 Å². The number of sulfonamides is 1. The third-order valence-electron chi connectivity index (χ3n) is 6.47. The molecular weight excluding hydrogens is 400 g/mol. The molecular formula is C23H32N2O4S. The number of carbonyl (C=O) groups is 1. The van der Waals surface area contributed by atoms with E-state index >= 15 is 0 Å². The zero-order valence-electron chi connectivity index (χ0n) is 18.2. The molecule has 2 fully saturated rings. The lowest BCUT2D eigenvalue weighted by Crippen LogP contribution is -2.42. The summed E-state index contributed by atoms with van der Waals surface area (Å²) in [6.07, 6.45) is 5.38. The van der Waals surface area contributed by atoms with Crippen LogP contribution in [0.25, 0.3) is 11.0 Å². The SMILES string of the molecule is Cc1c(C(=O)N2CCCCCC2)oc2ccc(S(=O)(=O)N3C[C@H](C)C[C@@H](C)C3)cc12. The highest BCUT2D eigenvalue weighted by molar-refractivity contribution is 7.89. The summed E-state index contributed by atoms with van der Waals surface area (Å²) >= 11 is 0. The molecule has 164 valence electrons. The van der Waals surface area contributed by atoms with Crippen molar-refractivity contribution in [3.8, 4) is 0 Å². The van der Waals surface area contributed by atoms with Crippen molar-refractivity contribution in [3.63, 3.8) is 0 Å². The number of carbonyl (C=O) groups excluding carboxylic acids is 1. The average molecular weight is 433 g/mol. The quantitative estimate of drug-likeness (QED) is 0.720. The molecule has 1 amide bonds. The molecule has 4 rings (SSSR count). The van der Waals surface area contributed by atoms with E-state index in [0.29, 0.717) is 41.7 Å². The van der Waals surface area contributed by atoms with Gasteiger partial charge in [-0.3, -0.25) is 4.79 Å². The Morgan fingerprint density at radius 2 is 1.67 bits per heavy atom. The van der Waals surface area contributed by atoms with Crippen molar-refractivity contribution in [2.45, 2.75) is 57.8 Å². The molecule has 6 nitrogen and oxygen atoms in total. The summed E-state index contributed by atoms with van der Waals surface area (Å²) < 4.78 is 34.1. The van der Waals surface area contributed by atoms with Gasteiger partial charge >= 0.3 is 0 Å². The van der Waals surface area contributed by atoms with Crippen LogP contribution < -0.4 is 0 Å². The van der Waals surface area contributed by atoms with Gasteiger partial charge in [-0.2, -0.15) is 4.31 Å². The number of piperidine rings is 1. The zero-order chi connectivity index (χ0) is 21.5. The highest BCUT2D eigenvalue weighted by Crippen LogP contribution is 2.32. The van der Waals surface area contributed by atoms with Crippen molar-refractivity contribution in [1.82, 2.24) is 9.21 Å². The molecule has 2 saturated heterocycles. The van der Waals surface area contributed by atoms with Crippen LogP contribution in [0.3, 0.4) is 0 Å². The molecule has 2 aromatic rings.